The van der Waals surface area contributed by atoms with Crippen LogP contribution < -0.4 is 15.4 Å². The quantitative estimate of drug-likeness (QED) is 0.904. The molecule has 1 aliphatic heterocycles. The zero-order chi connectivity index (χ0) is 13.2. The van der Waals surface area contributed by atoms with Crippen molar-refractivity contribution in [3.05, 3.63) is 18.2 Å². The van der Waals surface area contributed by atoms with Gasteiger partial charge in [-0.05, 0) is 44.1 Å². The SMILES string of the molecule is CCOc1cccc(N2C[C@H]3CCC(N)C[C@H]3C2)n1. The third-order valence-corrected chi connectivity index (χ3v) is 4.42. The zero-order valence-corrected chi connectivity index (χ0v) is 11.6. The molecule has 1 saturated carbocycles. The molecule has 3 rings (SSSR count). The summed E-state index contributed by atoms with van der Waals surface area (Å²) in [7, 11) is 0. The molecule has 0 aromatic carbocycles. The van der Waals surface area contributed by atoms with Gasteiger partial charge in [-0.2, -0.15) is 4.98 Å². The first-order valence-corrected chi connectivity index (χ1v) is 7.36. The van der Waals surface area contributed by atoms with Gasteiger partial charge in [0.1, 0.15) is 5.82 Å². The van der Waals surface area contributed by atoms with Crippen LogP contribution in [-0.4, -0.2) is 30.7 Å². The van der Waals surface area contributed by atoms with Crippen LogP contribution in [0.25, 0.3) is 0 Å². The smallest absolute Gasteiger partial charge is 0.215 e. The van der Waals surface area contributed by atoms with E-state index in [4.69, 9.17) is 10.5 Å². The van der Waals surface area contributed by atoms with E-state index in [0.29, 0.717) is 12.6 Å². The highest BCUT2D eigenvalue weighted by Gasteiger charge is 2.37. The average Bonchev–Trinajstić information content (AvgIpc) is 2.82. The third-order valence-electron chi connectivity index (χ3n) is 4.42. The summed E-state index contributed by atoms with van der Waals surface area (Å²) in [5.74, 6) is 3.33. The van der Waals surface area contributed by atoms with E-state index < -0.39 is 0 Å². The maximum Gasteiger partial charge on any atom is 0.215 e. The number of anilines is 1. The number of fused-ring (bicyclic) bond motifs is 1. The van der Waals surface area contributed by atoms with Crippen molar-refractivity contribution in [3.8, 4) is 5.88 Å². The van der Waals surface area contributed by atoms with Crippen LogP contribution in [0.2, 0.25) is 0 Å². The maximum absolute atomic E-state index is 6.08. The fraction of sp³-hybridized carbons (Fsp3) is 0.667. The van der Waals surface area contributed by atoms with Gasteiger partial charge >= 0.3 is 0 Å². The monoisotopic (exact) mass is 261 g/mol. The molecular formula is C15H23N3O. The molecule has 3 atom stereocenters. The minimum absolute atomic E-state index is 0.406. The maximum atomic E-state index is 6.08. The van der Waals surface area contributed by atoms with Crippen molar-refractivity contribution < 1.29 is 4.74 Å². The van der Waals surface area contributed by atoms with Gasteiger partial charge in [-0.3, -0.25) is 0 Å². The summed E-state index contributed by atoms with van der Waals surface area (Å²) in [5.41, 5.74) is 6.08. The summed E-state index contributed by atoms with van der Waals surface area (Å²) in [6, 6.07) is 6.44. The Morgan fingerprint density at radius 2 is 2.16 bits per heavy atom. The fourth-order valence-corrected chi connectivity index (χ4v) is 3.46. The van der Waals surface area contributed by atoms with Crippen LogP contribution in [0.3, 0.4) is 0 Å². The van der Waals surface area contributed by atoms with Crippen LogP contribution in [0.5, 0.6) is 5.88 Å². The molecule has 19 heavy (non-hydrogen) atoms. The molecule has 0 spiro atoms. The second-order valence-electron chi connectivity index (χ2n) is 5.77. The van der Waals surface area contributed by atoms with Gasteiger partial charge in [-0.25, -0.2) is 0 Å². The van der Waals surface area contributed by atoms with Gasteiger partial charge in [0.15, 0.2) is 0 Å². The first-order valence-electron chi connectivity index (χ1n) is 7.36. The van der Waals surface area contributed by atoms with Gasteiger partial charge in [0, 0.05) is 25.2 Å². The van der Waals surface area contributed by atoms with Crippen LogP contribution in [-0.2, 0) is 0 Å². The predicted octanol–water partition coefficient (Wildman–Crippen LogP) is 2.04. The van der Waals surface area contributed by atoms with Crippen LogP contribution in [0.15, 0.2) is 18.2 Å². The van der Waals surface area contributed by atoms with Crippen LogP contribution in [0, 0.1) is 11.8 Å². The van der Waals surface area contributed by atoms with Gasteiger partial charge in [0.25, 0.3) is 0 Å². The van der Waals surface area contributed by atoms with Gasteiger partial charge in [0.2, 0.25) is 5.88 Å². The van der Waals surface area contributed by atoms with Crippen molar-refractivity contribution >= 4 is 5.82 Å². The highest BCUT2D eigenvalue weighted by atomic mass is 16.5. The normalized spacial score (nSPS) is 30.2. The molecule has 0 radical (unpaired) electrons. The fourth-order valence-electron chi connectivity index (χ4n) is 3.46. The lowest BCUT2D eigenvalue weighted by molar-refractivity contribution is 0.271. The molecule has 1 aliphatic carbocycles. The molecule has 0 amide bonds. The molecule has 1 saturated heterocycles. The predicted molar refractivity (Wildman–Crippen MR) is 76.4 cm³/mol. The number of rotatable bonds is 3. The van der Waals surface area contributed by atoms with E-state index >= 15 is 0 Å². The highest BCUT2D eigenvalue weighted by molar-refractivity contribution is 5.42. The number of nitrogens with zero attached hydrogens (tertiary/aromatic N) is 2. The van der Waals surface area contributed by atoms with Crippen molar-refractivity contribution in [2.45, 2.75) is 32.2 Å². The Hall–Kier alpha value is -1.29. The Morgan fingerprint density at radius 3 is 3.00 bits per heavy atom. The molecule has 1 aromatic heterocycles. The molecule has 2 heterocycles. The first kappa shape index (κ1) is 12.7. The van der Waals surface area contributed by atoms with Gasteiger partial charge < -0.3 is 15.4 Å². The Bertz CT molecular complexity index is 437. The molecule has 2 aliphatic rings. The zero-order valence-electron chi connectivity index (χ0n) is 11.6. The molecule has 2 fully saturated rings. The molecule has 4 nitrogen and oxygen atoms in total. The topological polar surface area (TPSA) is 51.4 Å². The average molecular weight is 261 g/mol. The Kier molecular flexibility index (Phi) is 3.60. The summed E-state index contributed by atoms with van der Waals surface area (Å²) in [4.78, 5) is 6.99. The number of pyridine rings is 1. The van der Waals surface area contributed by atoms with Gasteiger partial charge in [0.05, 0.1) is 6.61 Å². The number of ether oxygens (including phenoxy) is 1. The molecular weight excluding hydrogens is 238 g/mol. The number of nitrogens with two attached hydrogens (primary N) is 1. The van der Waals surface area contributed by atoms with Crippen molar-refractivity contribution in [2.24, 2.45) is 17.6 Å². The Labute approximate surface area is 115 Å². The van der Waals surface area contributed by atoms with E-state index in [1.54, 1.807) is 0 Å². The van der Waals surface area contributed by atoms with Crippen LogP contribution >= 0.6 is 0 Å². The molecule has 1 unspecified atom stereocenters. The van der Waals surface area contributed by atoms with Crippen LogP contribution in [0.1, 0.15) is 26.2 Å². The lowest BCUT2D eigenvalue weighted by Gasteiger charge is -2.27. The first-order chi connectivity index (χ1) is 9.26. The van der Waals surface area contributed by atoms with E-state index in [9.17, 15) is 0 Å². The summed E-state index contributed by atoms with van der Waals surface area (Å²) in [6.07, 6.45) is 3.63. The Morgan fingerprint density at radius 1 is 1.32 bits per heavy atom. The van der Waals surface area contributed by atoms with Crippen molar-refractivity contribution in [2.75, 3.05) is 24.6 Å². The third kappa shape index (κ3) is 2.68. The summed E-state index contributed by atoms with van der Waals surface area (Å²) >= 11 is 0. The van der Waals surface area contributed by atoms with E-state index in [1.165, 1.54) is 19.3 Å². The summed E-state index contributed by atoms with van der Waals surface area (Å²) < 4.78 is 5.48. The summed E-state index contributed by atoms with van der Waals surface area (Å²) in [6.45, 7) is 4.87. The standard InChI is InChI=1S/C15H23N3O/c1-2-19-15-5-3-4-14(17-15)18-9-11-6-7-13(16)8-12(11)10-18/h3-5,11-13H,2,6-10,16H2,1H3/t11-,12+,13?/m1/s1. The van der Waals surface area contributed by atoms with E-state index in [0.717, 1.165) is 36.6 Å². The second kappa shape index (κ2) is 5.37. The molecule has 0 bridgehead atoms. The van der Waals surface area contributed by atoms with E-state index in [1.807, 2.05) is 19.1 Å². The van der Waals surface area contributed by atoms with Gasteiger partial charge in [-0.1, -0.05) is 6.07 Å². The van der Waals surface area contributed by atoms with Crippen LogP contribution in [0.4, 0.5) is 5.82 Å². The van der Waals surface area contributed by atoms with E-state index in [-0.39, 0.29) is 0 Å². The molecule has 1 aromatic rings. The number of aromatic nitrogens is 1. The highest BCUT2D eigenvalue weighted by Crippen LogP contribution is 2.37. The molecule has 2 N–H and O–H groups in total. The van der Waals surface area contributed by atoms with Gasteiger partial charge in [-0.15, -0.1) is 0 Å². The lowest BCUT2D eigenvalue weighted by Crippen LogP contribution is -2.32. The number of hydrogen-bond donors (Lipinski definition) is 1. The van der Waals surface area contributed by atoms with Crippen molar-refractivity contribution in [1.82, 2.24) is 4.98 Å². The largest absolute Gasteiger partial charge is 0.478 e. The number of hydrogen-bond acceptors (Lipinski definition) is 4. The van der Waals surface area contributed by atoms with Crippen molar-refractivity contribution in [1.29, 1.82) is 0 Å². The minimum atomic E-state index is 0.406. The second-order valence-corrected chi connectivity index (χ2v) is 5.77. The van der Waals surface area contributed by atoms with E-state index in [2.05, 4.69) is 16.0 Å². The minimum Gasteiger partial charge on any atom is -0.478 e. The Balaban J connectivity index is 1.71. The lowest BCUT2D eigenvalue weighted by atomic mass is 9.79. The summed E-state index contributed by atoms with van der Waals surface area (Å²) in [5, 5.41) is 0. The van der Waals surface area contributed by atoms with Crippen molar-refractivity contribution in [3.63, 3.8) is 0 Å². The molecule has 4 heteroatoms. The molecule has 104 valence electrons.